The minimum absolute atomic E-state index is 0.00908. The monoisotopic (exact) mass is 635 g/mol. The minimum atomic E-state index is -1.09. The predicted octanol–water partition coefficient (Wildman–Crippen LogP) is 3.20. The number of carbonyl (C=O) groups excluding carboxylic acids is 4. The molecule has 0 aromatic heterocycles. The zero-order valence-electron chi connectivity index (χ0n) is 27.0. The number of primary amides is 1. The van der Waals surface area contributed by atoms with E-state index in [9.17, 15) is 24.3 Å². The van der Waals surface area contributed by atoms with Crippen molar-refractivity contribution in [1.82, 2.24) is 20.9 Å². The van der Waals surface area contributed by atoms with Crippen molar-refractivity contribution in [3.8, 4) is 0 Å². The molecule has 250 valence electrons. The van der Waals surface area contributed by atoms with Crippen LogP contribution in [0.1, 0.15) is 81.4 Å². The van der Waals surface area contributed by atoms with E-state index in [0.717, 1.165) is 42.4 Å². The van der Waals surface area contributed by atoms with E-state index in [0.29, 0.717) is 32.1 Å². The molecule has 2 saturated heterocycles. The summed E-state index contributed by atoms with van der Waals surface area (Å²) in [7, 11) is 0. The summed E-state index contributed by atoms with van der Waals surface area (Å²) in [6, 6.07) is 15.0. The van der Waals surface area contributed by atoms with Crippen molar-refractivity contribution >= 4 is 23.8 Å². The zero-order valence-corrected chi connectivity index (χ0v) is 27.0. The number of hydrogen-bond acceptors (Lipinski definition) is 7. The molecule has 2 aromatic carbocycles. The molecule has 6 atom stereocenters. The molecule has 11 nitrogen and oxygen atoms in total. The summed E-state index contributed by atoms with van der Waals surface area (Å²) < 4.78 is 5.43. The van der Waals surface area contributed by atoms with Crippen LogP contribution in [0.15, 0.2) is 54.6 Å². The fraction of sp³-hybridized carbons (Fsp3) is 0.543. The highest BCUT2D eigenvalue weighted by Gasteiger charge is 2.45. The van der Waals surface area contributed by atoms with Gasteiger partial charge in [-0.2, -0.15) is 0 Å². The maximum Gasteiger partial charge on any atom is 0.408 e. The SMILES string of the molecule is Cc1ccc(CCC(NC(=O)OCc2ccccc2)C(=O)NC2CCCCC3CCC(C(=O)NC(C)CCC(N)=O)N3C2O)cc1. The molecule has 4 rings (SSSR count). The lowest BCUT2D eigenvalue weighted by Crippen LogP contribution is -2.61. The van der Waals surface area contributed by atoms with Crippen LogP contribution in [-0.2, 0) is 32.1 Å². The van der Waals surface area contributed by atoms with Crippen LogP contribution in [-0.4, -0.2) is 70.3 Å². The summed E-state index contributed by atoms with van der Waals surface area (Å²) in [6.07, 6.45) is 4.16. The second kappa shape index (κ2) is 17.1. The Bertz CT molecular complexity index is 1310. The minimum Gasteiger partial charge on any atom is -0.445 e. The summed E-state index contributed by atoms with van der Waals surface area (Å²) in [5, 5.41) is 20.4. The normalized spacial score (nSPS) is 22.8. The van der Waals surface area contributed by atoms with Crippen LogP contribution in [0.5, 0.6) is 0 Å². The van der Waals surface area contributed by atoms with Crippen molar-refractivity contribution in [2.24, 2.45) is 5.73 Å². The van der Waals surface area contributed by atoms with Gasteiger partial charge < -0.3 is 31.5 Å². The zero-order chi connectivity index (χ0) is 33.1. The summed E-state index contributed by atoms with van der Waals surface area (Å²) in [6.45, 7) is 3.91. The molecule has 46 heavy (non-hydrogen) atoms. The number of amides is 4. The summed E-state index contributed by atoms with van der Waals surface area (Å²) in [4.78, 5) is 53.0. The first kappa shape index (κ1) is 34.9. The van der Waals surface area contributed by atoms with Crippen LogP contribution >= 0.6 is 0 Å². The van der Waals surface area contributed by atoms with Crippen molar-refractivity contribution in [3.05, 3.63) is 71.3 Å². The van der Waals surface area contributed by atoms with Crippen LogP contribution in [0.4, 0.5) is 4.79 Å². The molecule has 6 unspecified atom stereocenters. The molecule has 0 aliphatic carbocycles. The van der Waals surface area contributed by atoms with E-state index < -0.39 is 42.3 Å². The fourth-order valence-corrected chi connectivity index (χ4v) is 6.41. The number of ether oxygens (including phenoxy) is 1. The molecule has 11 heteroatoms. The summed E-state index contributed by atoms with van der Waals surface area (Å²) in [5.74, 6) is -1.04. The first-order chi connectivity index (χ1) is 22.1. The van der Waals surface area contributed by atoms with Gasteiger partial charge in [-0.05, 0) is 69.9 Å². The number of nitrogens with one attached hydrogen (secondary N) is 3. The number of fused-ring (bicyclic) bond motifs is 1. The van der Waals surface area contributed by atoms with E-state index in [2.05, 4.69) is 16.0 Å². The lowest BCUT2D eigenvalue weighted by atomic mass is 9.97. The smallest absolute Gasteiger partial charge is 0.408 e. The Labute approximate surface area is 271 Å². The van der Waals surface area contributed by atoms with Crippen LogP contribution < -0.4 is 21.7 Å². The highest BCUT2D eigenvalue weighted by atomic mass is 16.5. The van der Waals surface area contributed by atoms with Gasteiger partial charge in [0.15, 0.2) is 0 Å². The van der Waals surface area contributed by atoms with Crippen molar-refractivity contribution in [3.63, 3.8) is 0 Å². The van der Waals surface area contributed by atoms with Gasteiger partial charge in [-0.3, -0.25) is 19.3 Å². The molecule has 2 aromatic rings. The Hall–Kier alpha value is -3.96. The quantitative estimate of drug-likeness (QED) is 0.226. The molecule has 2 aliphatic rings. The standard InChI is InChI=1S/C35H49N5O6/c1-23-12-15-25(16-13-23)17-19-28(39-35(45)46-22-26-8-4-3-5-9-26)32(42)38-29-11-7-6-10-27-18-20-30(40(27)34(29)44)33(43)37-24(2)14-21-31(36)41/h3-5,8-9,12-13,15-16,24,27-30,34,44H,6-7,10-11,14,17-22H2,1-2H3,(H2,36,41)(H,37,43)(H,38,42)(H,39,45). The van der Waals surface area contributed by atoms with E-state index >= 15 is 0 Å². The Morgan fingerprint density at radius 1 is 0.935 bits per heavy atom. The number of nitrogens with two attached hydrogens (primary N) is 1. The van der Waals surface area contributed by atoms with E-state index in [1.807, 2.05) is 73.3 Å². The third-order valence-corrected chi connectivity index (χ3v) is 9.03. The largest absolute Gasteiger partial charge is 0.445 e. The van der Waals surface area contributed by atoms with Crippen LogP contribution in [0.25, 0.3) is 0 Å². The maximum atomic E-state index is 13.8. The molecule has 4 amide bonds. The first-order valence-corrected chi connectivity index (χ1v) is 16.5. The lowest BCUT2D eigenvalue weighted by molar-refractivity contribution is -0.136. The average molecular weight is 636 g/mol. The van der Waals surface area contributed by atoms with Gasteiger partial charge in [0.25, 0.3) is 0 Å². The van der Waals surface area contributed by atoms with Gasteiger partial charge >= 0.3 is 6.09 Å². The number of hydrogen-bond donors (Lipinski definition) is 5. The van der Waals surface area contributed by atoms with Gasteiger partial charge in [-0.15, -0.1) is 0 Å². The Balaban J connectivity index is 1.44. The number of benzene rings is 2. The molecule has 2 heterocycles. The van der Waals surface area contributed by atoms with Crippen LogP contribution in [0.3, 0.4) is 0 Å². The molecule has 0 saturated carbocycles. The second-order valence-electron chi connectivity index (χ2n) is 12.7. The number of aliphatic hydroxyl groups is 1. The van der Waals surface area contributed by atoms with Gasteiger partial charge in [0.2, 0.25) is 17.7 Å². The van der Waals surface area contributed by atoms with Crippen LogP contribution in [0, 0.1) is 6.92 Å². The van der Waals surface area contributed by atoms with E-state index in [1.165, 1.54) is 0 Å². The third-order valence-electron chi connectivity index (χ3n) is 9.03. The van der Waals surface area contributed by atoms with Crippen LogP contribution in [0.2, 0.25) is 0 Å². The predicted molar refractivity (Wildman–Crippen MR) is 174 cm³/mol. The van der Waals surface area contributed by atoms with Gasteiger partial charge in [0.05, 0.1) is 12.1 Å². The Morgan fingerprint density at radius 3 is 2.37 bits per heavy atom. The average Bonchev–Trinajstić information content (AvgIpc) is 3.46. The second-order valence-corrected chi connectivity index (χ2v) is 12.7. The number of alkyl carbamates (subject to hydrolysis) is 1. The van der Waals surface area contributed by atoms with Crippen molar-refractivity contribution in [1.29, 1.82) is 0 Å². The number of nitrogens with zero attached hydrogens (tertiary/aromatic N) is 1. The molecular formula is C35H49N5O6. The van der Waals surface area contributed by atoms with Gasteiger partial charge in [0.1, 0.15) is 18.9 Å². The number of rotatable bonds is 13. The highest BCUT2D eigenvalue weighted by Crippen LogP contribution is 2.33. The molecule has 0 radical (unpaired) electrons. The molecule has 0 spiro atoms. The van der Waals surface area contributed by atoms with Crippen molar-refractivity contribution in [2.75, 3.05) is 0 Å². The fourth-order valence-electron chi connectivity index (χ4n) is 6.41. The summed E-state index contributed by atoms with van der Waals surface area (Å²) in [5.41, 5.74) is 8.27. The molecule has 0 bridgehead atoms. The van der Waals surface area contributed by atoms with E-state index in [-0.39, 0.29) is 31.0 Å². The number of aliphatic hydroxyl groups excluding tert-OH is 1. The number of aryl methyl sites for hydroxylation is 2. The number of carbonyl (C=O) groups is 4. The first-order valence-electron chi connectivity index (χ1n) is 16.5. The van der Waals surface area contributed by atoms with Crippen molar-refractivity contribution in [2.45, 2.75) is 121 Å². The Morgan fingerprint density at radius 2 is 1.65 bits per heavy atom. The third kappa shape index (κ3) is 10.3. The maximum absolute atomic E-state index is 13.8. The van der Waals surface area contributed by atoms with Gasteiger partial charge in [-0.25, -0.2) is 4.79 Å². The highest BCUT2D eigenvalue weighted by molar-refractivity contribution is 5.86. The molecular weight excluding hydrogens is 586 g/mol. The molecule has 2 fully saturated rings. The molecule has 2 aliphatic heterocycles. The van der Waals surface area contributed by atoms with Crippen molar-refractivity contribution < 1.29 is 29.0 Å². The summed E-state index contributed by atoms with van der Waals surface area (Å²) >= 11 is 0. The van der Waals surface area contributed by atoms with Gasteiger partial charge in [0, 0.05) is 18.5 Å². The van der Waals surface area contributed by atoms with Gasteiger partial charge in [-0.1, -0.05) is 73.0 Å². The van der Waals surface area contributed by atoms with E-state index in [1.54, 1.807) is 0 Å². The molecule has 6 N–H and O–H groups in total. The van der Waals surface area contributed by atoms with E-state index in [4.69, 9.17) is 10.5 Å². The Kier molecular flexibility index (Phi) is 13.0. The lowest BCUT2D eigenvalue weighted by Gasteiger charge is -2.40. The topological polar surface area (TPSA) is 163 Å².